The molecule has 0 bridgehead atoms. The van der Waals surface area contributed by atoms with E-state index in [0.717, 1.165) is 35.5 Å². The van der Waals surface area contributed by atoms with E-state index in [1.807, 2.05) is 49.1 Å². The first-order valence-electron chi connectivity index (χ1n) is 9.88. The maximum absolute atomic E-state index is 14.7. The summed E-state index contributed by atoms with van der Waals surface area (Å²) in [5.74, 6) is -0.746. The van der Waals surface area contributed by atoms with E-state index in [4.69, 9.17) is 4.74 Å². The van der Waals surface area contributed by atoms with E-state index in [2.05, 4.69) is 17.6 Å². The number of hydrogen-bond acceptors (Lipinski definition) is 3. The molecule has 1 aromatic heterocycles. The number of aromatic nitrogens is 1. The van der Waals surface area contributed by atoms with Crippen molar-refractivity contribution in [2.75, 3.05) is 0 Å². The van der Waals surface area contributed by atoms with E-state index in [1.165, 1.54) is 6.07 Å². The first-order chi connectivity index (χ1) is 13.9. The van der Waals surface area contributed by atoms with Crippen molar-refractivity contribution in [3.8, 4) is 11.5 Å². The molecular formula is C23H25F2N3O. The number of rotatable bonds is 6. The quantitative estimate of drug-likeness (QED) is 0.576. The smallest absolute Gasteiger partial charge is 0.166 e. The van der Waals surface area contributed by atoms with Crippen molar-refractivity contribution < 1.29 is 13.5 Å². The van der Waals surface area contributed by atoms with Crippen molar-refractivity contribution >= 4 is 10.9 Å². The molecule has 1 unspecified atom stereocenters. The molecule has 0 saturated carbocycles. The SMILES string of the molecule is CC[C@H]1CC(NC(C)c2cc(F)c(Oc3ccc4c(ccn4C)c3)cc2F)=CN1. The fourth-order valence-electron chi connectivity index (χ4n) is 3.72. The third kappa shape index (κ3) is 3.92. The third-order valence-corrected chi connectivity index (χ3v) is 5.46. The Kier molecular flexibility index (Phi) is 5.18. The lowest BCUT2D eigenvalue weighted by Crippen LogP contribution is -2.20. The van der Waals surface area contributed by atoms with Gasteiger partial charge in [-0.25, -0.2) is 8.78 Å². The number of nitrogens with zero attached hydrogens (tertiary/aromatic N) is 1. The minimum atomic E-state index is -0.590. The summed E-state index contributed by atoms with van der Waals surface area (Å²) in [6, 6.07) is 9.78. The number of aryl methyl sites for hydroxylation is 1. The molecule has 2 heterocycles. The van der Waals surface area contributed by atoms with Crippen molar-refractivity contribution in [1.29, 1.82) is 0 Å². The molecule has 2 atom stereocenters. The Morgan fingerprint density at radius 1 is 1.21 bits per heavy atom. The highest BCUT2D eigenvalue weighted by atomic mass is 19.1. The van der Waals surface area contributed by atoms with Gasteiger partial charge < -0.3 is 19.9 Å². The largest absolute Gasteiger partial charge is 0.454 e. The van der Waals surface area contributed by atoms with Gasteiger partial charge in [0.15, 0.2) is 11.6 Å². The van der Waals surface area contributed by atoms with Gasteiger partial charge in [-0.3, -0.25) is 0 Å². The number of ether oxygens (including phenoxy) is 1. The highest BCUT2D eigenvalue weighted by Gasteiger charge is 2.20. The number of hydrogen-bond donors (Lipinski definition) is 2. The lowest BCUT2D eigenvalue weighted by atomic mass is 10.1. The molecule has 0 amide bonds. The van der Waals surface area contributed by atoms with Crippen LogP contribution < -0.4 is 15.4 Å². The van der Waals surface area contributed by atoms with Gasteiger partial charge in [-0.05, 0) is 43.7 Å². The van der Waals surface area contributed by atoms with Crippen molar-refractivity contribution in [1.82, 2.24) is 15.2 Å². The number of nitrogens with one attached hydrogen (secondary N) is 2. The summed E-state index contributed by atoms with van der Waals surface area (Å²) in [6.45, 7) is 3.93. The Bertz CT molecular complexity index is 1070. The van der Waals surface area contributed by atoms with E-state index in [-0.39, 0.29) is 17.4 Å². The minimum absolute atomic E-state index is 0.124. The van der Waals surface area contributed by atoms with Gasteiger partial charge in [-0.2, -0.15) is 0 Å². The van der Waals surface area contributed by atoms with Gasteiger partial charge in [0, 0.05) is 60.1 Å². The van der Waals surface area contributed by atoms with Crippen LogP contribution in [0.25, 0.3) is 10.9 Å². The summed E-state index contributed by atoms with van der Waals surface area (Å²) in [7, 11) is 1.95. The predicted molar refractivity (Wildman–Crippen MR) is 111 cm³/mol. The van der Waals surface area contributed by atoms with E-state index in [1.54, 1.807) is 6.07 Å². The summed E-state index contributed by atoms with van der Waals surface area (Å²) in [5, 5.41) is 7.52. The number of benzene rings is 2. The monoisotopic (exact) mass is 397 g/mol. The second-order valence-corrected chi connectivity index (χ2v) is 7.57. The van der Waals surface area contributed by atoms with Crippen molar-refractivity contribution in [2.24, 2.45) is 7.05 Å². The van der Waals surface area contributed by atoms with Crippen LogP contribution in [0.5, 0.6) is 11.5 Å². The molecule has 3 aromatic rings. The molecule has 152 valence electrons. The molecule has 2 N–H and O–H groups in total. The third-order valence-electron chi connectivity index (χ3n) is 5.46. The molecule has 0 saturated heterocycles. The molecule has 0 aliphatic carbocycles. The molecule has 1 aliphatic heterocycles. The lowest BCUT2D eigenvalue weighted by molar-refractivity contribution is 0.432. The topological polar surface area (TPSA) is 38.2 Å². The highest BCUT2D eigenvalue weighted by Crippen LogP contribution is 2.31. The Balaban J connectivity index is 1.51. The van der Waals surface area contributed by atoms with Crippen molar-refractivity contribution in [3.63, 3.8) is 0 Å². The van der Waals surface area contributed by atoms with E-state index < -0.39 is 11.6 Å². The van der Waals surface area contributed by atoms with Gasteiger partial charge in [0.25, 0.3) is 0 Å². The molecule has 0 fully saturated rings. The Hall–Kier alpha value is -3.02. The van der Waals surface area contributed by atoms with Gasteiger partial charge in [0.1, 0.15) is 11.6 Å². The summed E-state index contributed by atoms with van der Waals surface area (Å²) >= 11 is 0. The van der Waals surface area contributed by atoms with E-state index in [9.17, 15) is 8.78 Å². The van der Waals surface area contributed by atoms with Gasteiger partial charge >= 0.3 is 0 Å². The van der Waals surface area contributed by atoms with Crippen molar-refractivity contribution in [2.45, 2.75) is 38.8 Å². The maximum Gasteiger partial charge on any atom is 0.166 e. The molecule has 0 radical (unpaired) electrons. The van der Waals surface area contributed by atoms with Gasteiger partial charge in [0.2, 0.25) is 0 Å². The van der Waals surface area contributed by atoms with Crippen LogP contribution in [0, 0.1) is 11.6 Å². The molecule has 29 heavy (non-hydrogen) atoms. The summed E-state index contributed by atoms with van der Waals surface area (Å²) in [6.07, 6.45) is 5.72. The van der Waals surface area contributed by atoms with Crippen LogP contribution in [0.1, 0.15) is 38.3 Å². The standard InChI is InChI=1S/C23H25F2N3O/c1-4-16-10-17(13-26-16)27-14(2)19-11-21(25)23(12-20(19)24)29-18-5-6-22-15(9-18)7-8-28(22)3/h5-9,11-14,16,26-27H,4,10H2,1-3H3/t14?,16-/m0/s1. The van der Waals surface area contributed by atoms with Crippen LogP contribution in [0.15, 0.2) is 54.5 Å². The molecule has 0 spiro atoms. The second kappa shape index (κ2) is 7.78. The van der Waals surface area contributed by atoms with Crippen LogP contribution in [0.4, 0.5) is 8.78 Å². The summed E-state index contributed by atoms with van der Waals surface area (Å²) in [5.41, 5.74) is 2.31. The predicted octanol–water partition coefficient (Wildman–Crippen LogP) is 5.51. The fourth-order valence-corrected chi connectivity index (χ4v) is 3.72. The molecule has 1 aliphatic rings. The van der Waals surface area contributed by atoms with Gasteiger partial charge in [0.05, 0.1) is 6.04 Å². The Morgan fingerprint density at radius 2 is 2.03 bits per heavy atom. The molecular weight excluding hydrogens is 372 g/mol. The van der Waals surface area contributed by atoms with Crippen LogP contribution in [0.3, 0.4) is 0 Å². The molecule has 2 aromatic carbocycles. The summed E-state index contributed by atoms with van der Waals surface area (Å²) in [4.78, 5) is 0. The van der Waals surface area contributed by atoms with Crippen LogP contribution in [-0.4, -0.2) is 10.6 Å². The van der Waals surface area contributed by atoms with Crippen LogP contribution in [0.2, 0.25) is 0 Å². The lowest BCUT2D eigenvalue weighted by Gasteiger charge is -2.18. The van der Waals surface area contributed by atoms with Crippen LogP contribution >= 0.6 is 0 Å². The average molecular weight is 397 g/mol. The first-order valence-corrected chi connectivity index (χ1v) is 9.88. The normalized spacial score (nSPS) is 17.1. The minimum Gasteiger partial charge on any atom is -0.454 e. The number of fused-ring (bicyclic) bond motifs is 1. The number of halogens is 2. The van der Waals surface area contributed by atoms with Gasteiger partial charge in [-0.1, -0.05) is 6.92 Å². The highest BCUT2D eigenvalue weighted by molar-refractivity contribution is 5.81. The van der Waals surface area contributed by atoms with E-state index >= 15 is 0 Å². The Morgan fingerprint density at radius 3 is 2.79 bits per heavy atom. The average Bonchev–Trinajstić information content (AvgIpc) is 3.30. The zero-order valence-corrected chi connectivity index (χ0v) is 16.8. The maximum atomic E-state index is 14.7. The van der Waals surface area contributed by atoms with Gasteiger partial charge in [-0.15, -0.1) is 0 Å². The molecule has 4 rings (SSSR count). The summed E-state index contributed by atoms with van der Waals surface area (Å²) < 4.78 is 37.0. The Labute approximate surface area is 169 Å². The van der Waals surface area contributed by atoms with Crippen molar-refractivity contribution in [3.05, 3.63) is 71.7 Å². The first kappa shape index (κ1) is 19.3. The molecule has 6 heteroatoms. The molecule has 4 nitrogen and oxygen atoms in total. The fraction of sp³-hybridized carbons (Fsp3) is 0.304. The zero-order chi connectivity index (χ0) is 20.5. The van der Waals surface area contributed by atoms with Crippen LogP contribution in [-0.2, 0) is 7.05 Å². The zero-order valence-electron chi connectivity index (χ0n) is 16.8. The second-order valence-electron chi connectivity index (χ2n) is 7.57. The van der Waals surface area contributed by atoms with E-state index in [0.29, 0.717) is 11.8 Å².